The summed E-state index contributed by atoms with van der Waals surface area (Å²) in [5, 5.41) is 18.6. The van der Waals surface area contributed by atoms with E-state index in [9.17, 15) is 26.3 Å². The number of likely N-dealkylation sites (tertiary alicyclic amines) is 1. The summed E-state index contributed by atoms with van der Waals surface area (Å²) in [7, 11) is 6.35. The van der Waals surface area contributed by atoms with Crippen molar-refractivity contribution in [2.75, 3.05) is 20.6 Å². The molecule has 2 aromatic heterocycles. The normalized spacial score (nSPS) is 18.1. The number of halogens is 6. The van der Waals surface area contributed by atoms with Gasteiger partial charge in [-0.1, -0.05) is 6.92 Å². The summed E-state index contributed by atoms with van der Waals surface area (Å²) in [6, 6.07) is 5.31. The molecule has 2 aromatic rings. The van der Waals surface area contributed by atoms with Crippen LogP contribution in [0.5, 0.6) is 0 Å². The number of rotatable bonds is 6. The molecule has 0 aromatic carbocycles. The van der Waals surface area contributed by atoms with E-state index in [0.717, 1.165) is 37.5 Å². The number of nitrogens with zero attached hydrogens (tertiary/aromatic N) is 4. The molecular formula is C22H30F6N4O5. The molecule has 210 valence electrons. The highest BCUT2D eigenvalue weighted by Crippen LogP contribution is 2.27. The number of aliphatic carboxylic acids is 2. The van der Waals surface area contributed by atoms with E-state index in [1.807, 2.05) is 17.9 Å². The maximum atomic E-state index is 10.6. The van der Waals surface area contributed by atoms with Crippen LogP contribution in [0.4, 0.5) is 26.3 Å². The largest absolute Gasteiger partial charge is 0.490 e. The van der Waals surface area contributed by atoms with Crippen LogP contribution >= 0.6 is 0 Å². The zero-order valence-corrected chi connectivity index (χ0v) is 20.7. The Morgan fingerprint density at radius 2 is 1.59 bits per heavy atom. The second-order valence-electron chi connectivity index (χ2n) is 8.41. The van der Waals surface area contributed by atoms with Gasteiger partial charge < -0.3 is 19.5 Å². The zero-order chi connectivity index (χ0) is 28.6. The molecule has 2 atom stereocenters. The molecule has 0 radical (unpaired) electrons. The highest BCUT2D eigenvalue weighted by atomic mass is 19.4. The summed E-state index contributed by atoms with van der Waals surface area (Å²) < 4.78 is 71.3. The minimum absolute atomic E-state index is 0.504. The van der Waals surface area contributed by atoms with E-state index in [2.05, 4.69) is 54.2 Å². The average molecular weight is 544 g/mol. The van der Waals surface area contributed by atoms with Crippen molar-refractivity contribution in [2.24, 2.45) is 7.05 Å². The van der Waals surface area contributed by atoms with Crippen molar-refractivity contribution in [2.45, 2.75) is 57.2 Å². The summed E-state index contributed by atoms with van der Waals surface area (Å²) >= 11 is 0. The van der Waals surface area contributed by atoms with Crippen molar-refractivity contribution in [1.82, 2.24) is 19.6 Å². The Morgan fingerprint density at radius 1 is 1.08 bits per heavy atom. The summed E-state index contributed by atoms with van der Waals surface area (Å²) in [6.07, 6.45) is -2.84. The number of carboxylic acid groups (broad SMARTS) is 2. The Bertz CT molecular complexity index is 978. The van der Waals surface area contributed by atoms with Crippen LogP contribution < -0.4 is 0 Å². The first-order valence-electron chi connectivity index (χ1n) is 11.0. The van der Waals surface area contributed by atoms with Crippen LogP contribution in [0.3, 0.4) is 0 Å². The van der Waals surface area contributed by atoms with Gasteiger partial charge in [-0.2, -0.15) is 31.4 Å². The molecule has 1 saturated heterocycles. The lowest BCUT2D eigenvalue weighted by molar-refractivity contribution is -0.193. The number of aromatic nitrogens is 2. The summed E-state index contributed by atoms with van der Waals surface area (Å²) in [5.41, 5.74) is 1.31. The molecule has 15 heteroatoms. The highest BCUT2D eigenvalue weighted by molar-refractivity contribution is 5.73. The second-order valence-corrected chi connectivity index (χ2v) is 8.41. The summed E-state index contributed by atoms with van der Waals surface area (Å²) in [5.74, 6) is -3.36. The second kappa shape index (κ2) is 13.5. The lowest BCUT2D eigenvalue weighted by atomic mass is 10.0. The number of hydrogen-bond acceptors (Lipinski definition) is 6. The molecule has 0 bridgehead atoms. The van der Waals surface area contributed by atoms with Crippen LogP contribution in [0.25, 0.3) is 0 Å². The minimum Gasteiger partial charge on any atom is -0.475 e. The molecule has 3 rings (SSSR count). The van der Waals surface area contributed by atoms with Crippen LogP contribution in [0.1, 0.15) is 30.4 Å². The quantitative estimate of drug-likeness (QED) is 0.531. The predicted molar refractivity (Wildman–Crippen MR) is 119 cm³/mol. The monoisotopic (exact) mass is 544 g/mol. The van der Waals surface area contributed by atoms with Gasteiger partial charge in [0.1, 0.15) is 11.5 Å². The summed E-state index contributed by atoms with van der Waals surface area (Å²) in [6.45, 7) is 4.15. The van der Waals surface area contributed by atoms with Gasteiger partial charge in [-0.05, 0) is 44.6 Å². The molecule has 0 saturated carbocycles. The number of carboxylic acids is 2. The fourth-order valence-corrected chi connectivity index (χ4v) is 3.68. The maximum Gasteiger partial charge on any atom is 0.490 e. The average Bonchev–Trinajstić information content (AvgIpc) is 3.49. The molecule has 1 aliphatic rings. The van der Waals surface area contributed by atoms with Crippen molar-refractivity contribution in [3.63, 3.8) is 0 Å². The van der Waals surface area contributed by atoms with Gasteiger partial charge in [-0.15, -0.1) is 0 Å². The van der Waals surface area contributed by atoms with Crippen LogP contribution in [0, 0.1) is 0 Å². The third kappa shape index (κ3) is 10.8. The van der Waals surface area contributed by atoms with E-state index in [0.29, 0.717) is 12.1 Å². The number of aryl methyl sites for hydroxylation is 2. The van der Waals surface area contributed by atoms with Gasteiger partial charge in [0.15, 0.2) is 0 Å². The molecule has 9 nitrogen and oxygen atoms in total. The predicted octanol–water partition coefficient (Wildman–Crippen LogP) is 3.59. The zero-order valence-electron chi connectivity index (χ0n) is 20.7. The van der Waals surface area contributed by atoms with Crippen LogP contribution in [-0.4, -0.2) is 86.8 Å². The van der Waals surface area contributed by atoms with Gasteiger partial charge in [0, 0.05) is 38.3 Å². The van der Waals surface area contributed by atoms with Crippen molar-refractivity contribution in [1.29, 1.82) is 0 Å². The minimum atomic E-state index is -5.08. The first-order valence-corrected chi connectivity index (χ1v) is 11.0. The Morgan fingerprint density at radius 3 is 1.97 bits per heavy atom. The molecule has 0 unspecified atom stereocenters. The van der Waals surface area contributed by atoms with Crippen LogP contribution in [0.2, 0.25) is 0 Å². The Labute approximate surface area is 209 Å². The topological polar surface area (TPSA) is 112 Å². The van der Waals surface area contributed by atoms with E-state index in [4.69, 9.17) is 24.2 Å². The number of furan rings is 1. The number of carbonyl (C=O) groups is 2. The number of likely N-dealkylation sites (N-methyl/N-ethyl adjacent to an activating group) is 1. The van der Waals surface area contributed by atoms with E-state index in [1.54, 1.807) is 0 Å². The molecule has 0 amide bonds. The number of hydrogen-bond donors (Lipinski definition) is 2. The van der Waals surface area contributed by atoms with Crippen molar-refractivity contribution in [3.05, 3.63) is 41.6 Å². The van der Waals surface area contributed by atoms with Gasteiger partial charge in [0.05, 0.1) is 12.7 Å². The third-order valence-corrected chi connectivity index (χ3v) is 5.40. The molecule has 1 fully saturated rings. The smallest absolute Gasteiger partial charge is 0.475 e. The Balaban J connectivity index is 0.000000404. The van der Waals surface area contributed by atoms with E-state index in [-0.39, 0.29) is 0 Å². The van der Waals surface area contributed by atoms with Crippen LogP contribution in [-0.2, 0) is 36.0 Å². The number of alkyl halides is 6. The van der Waals surface area contributed by atoms with Gasteiger partial charge in [-0.25, -0.2) is 9.59 Å². The molecular weight excluding hydrogens is 514 g/mol. The lowest BCUT2D eigenvalue weighted by Crippen LogP contribution is -2.43. The van der Waals surface area contributed by atoms with Crippen molar-refractivity contribution in [3.8, 4) is 0 Å². The highest BCUT2D eigenvalue weighted by Gasteiger charge is 2.39. The Kier molecular flexibility index (Phi) is 11.6. The van der Waals surface area contributed by atoms with Gasteiger partial charge in [0.25, 0.3) is 0 Å². The first-order chi connectivity index (χ1) is 16.9. The fraction of sp³-hybridized carbons (Fsp3) is 0.591. The van der Waals surface area contributed by atoms with E-state index in [1.165, 1.54) is 12.0 Å². The van der Waals surface area contributed by atoms with Gasteiger partial charge in [0.2, 0.25) is 0 Å². The molecule has 0 aliphatic carbocycles. The first kappa shape index (κ1) is 32.0. The van der Waals surface area contributed by atoms with Crippen molar-refractivity contribution < 1.29 is 50.6 Å². The van der Waals surface area contributed by atoms with E-state index >= 15 is 0 Å². The van der Waals surface area contributed by atoms with E-state index < -0.39 is 24.3 Å². The van der Waals surface area contributed by atoms with Crippen LogP contribution in [0.15, 0.2) is 28.9 Å². The molecule has 0 spiro atoms. The Hall–Kier alpha value is -3.07. The van der Waals surface area contributed by atoms with Crippen molar-refractivity contribution >= 4 is 11.9 Å². The molecule has 2 N–H and O–H groups in total. The fourth-order valence-electron chi connectivity index (χ4n) is 3.68. The summed E-state index contributed by atoms with van der Waals surface area (Å²) in [4.78, 5) is 22.7. The SMILES string of the molecule is CCc1ccc(CN2CC[C@@H](N(C)C)[C@@H]2Cc2cnn(C)c2)o1.O=C(O)C(F)(F)F.O=C(O)C(F)(F)F. The molecule has 1 aliphatic heterocycles. The van der Waals surface area contributed by atoms with Gasteiger partial charge >= 0.3 is 24.3 Å². The van der Waals surface area contributed by atoms with Gasteiger partial charge in [-0.3, -0.25) is 9.58 Å². The maximum absolute atomic E-state index is 10.6. The lowest BCUT2D eigenvalue weighted by Gasteiger charge is -2.31. The molecule has 3 heterocycles. The molecule has 37 heavy (non-hydrogen) atoms. The standard InChI is InChI=1S/C18H28N4O.2C2HF3O2/c1-5-15-6-7-16(23-15)13-22-9-8-17(20(2)3)18(22)10-14-11-19-21(4)12-14;2*3-2(4,5)1(6)7/h6-7,11-12,17-18H,5,8-10,13H2,1-4H3;2*(H,6,7)/t17-,18+;;/m1../s1. The third-order valence-electron chi connectivity index (χ3n) is 5.40.